The third kappa shape index (κ3) is 3.30. The highest BCUT2D eigenvalue weighted by Crippen LogP contribution is 2.12. The number of anilines is 1. The highest BCUT2D eigenvalue weighted by molar-refractivity contribution is 5.95. The van der Waals surface area contributed by atoms with Crippen LogP contribution in [0.3, 0.4) is 0 Å². The molecule has 1 aliphatic heterocycles. The minimum atomic E-state index is -0.859. The topological polar surface area (TPSA) is 78.4 Å². The van der Waals surface area contributed by atoms with Crippen molar-refractivity contribution in [3.8, 4) is 0 Å². The second-order valence-corrected chi connectivity index (χ2v) is 4.41. The van der Waals surface area contributed by atoms with Gasteiger partial charge in [0.15, 0.2) is 0 Å². The maximum Gasteiger partial charge on any atom is 0.307 e. The third-order valence-corrected chi connectivity index (χ3v) is 2.95. The number of amides is 1. The van der Waals surface area contributed by atoms with Gasteiger partial charge in [-0.2, -0.15) is 0 Å². The van der Waals surface area contributed by atoms with Crippen LogP contribution in [-0.4, -0.2) is 29.6 Å². The van der Waals surface area contributed by atoms with E-state index in [1.807, 2.05) is 0 Å². The average Bonchev–Trinajstić information content (AvgIpc) is 2.84. The first kappa shape index (κ1) is 12.6. The van der Waals surface area contributed by atoms with Crippen LogP contribution in [0.4, 0.5) is 5.69 Å². The van der Waals surface area contributed by atoms with Crippen molar-refractivity contribution in [3.63, 3.8) is 0 Å². The van der Waals surface area contributed by atoms with Gasteiger partial charge in [-0.05, 0) is 37.1 Å². The SMILES string of the molecule is O=C(O)Cc1ccc(NC(=O)C2CCCN2)cc1. The van der Waals surface area contributed by atoms with Gasteiger partial charge in [0, 0.05) is 5.69 Å². The van der Waals surface area contributed by atoms with Crippen LogP contribution in [0.25, 0.3) is 0 Å². The molecule has 2 rings (SSSR count). The minimum absolute atomic E-state index is 0.00158. The monoisotopic (exact) mass is 248 g/mol. The molecule has 5 nitrogen and oxygen atoms in total. The fourth-order valence-corrected chi connectivity index (χ4v) is 2.02. The molecule has 1 aromatic carbocycles. The quantitative estimate of drug-likeness (QED) is 0.743. The predicted molar refractivity (Wildman–Crippen MR) is 67.4 cm³/mol. The van der Waals surface area contributed by atoms with E-state index in [0.29, 0.717) is 5.69 Å². The largest absolute Gasteiger partial charge is 0.481 e. The smallest absolute Gasteiger partial charge is 0.307 e. The lowest BCUT2D eigenvalue weighted by Crippen LogP contribution is -2.35. The number of carboxylic acid groups (broad SMARTS) is 1. The molecule has 0 bridgehead atoms. The average molecular weight is 248 g/mol. The standard InChI is InChI=1S/C13H16N2O3/c16-12(17)8-9-3-5-10(6-4-9)15-13(18)11-2-1-7-14-11/h3-6,11,14H,1-2,7-8H2,(H,15,18)(H,16,17). The molecule has 0 spiro atoms. The van der Waals surface area contributed by atoms with E-state index >= 15 is 0 Å². The summed E-state index contributed by atoms with van der Waals surface area (Å²) in [4.78, 5) is 22.3. The minimum Gasteiger partial charge on any atom is -0.481 e. The molecular formula is C13H16N2O3. The van der Waals surface area contributed by atoms with Gasteiger partial charge in [-0.15, -0.1) is 0 Å². The summed E-state index contributed by atoms with van der Waals surface area (Å²) in [7, 11) is 0. The van der Waals surface area contributed by atoms with Crippen molar-refractivity contribution in [3.05, 3.63) is 29.8 Å². The molecule has 3 N–H and O–H groups in total. The van der Waals surface area contributed by atoms with Crippen molar-refractivity contribution in [1.29, 1.82) is 0 Å². The molecule has 1 amide bonds. The number of carboxylic acids is 1. The Labute approximate surface area is 105 Å². The molecule has 1 heterocycles. The normalized spacial score (nSPS) is 18.6. The van der Waals surface area contributed by atoms with E-state index in [0.717, 1.165) is 24.9 Å². The molecule has 0 aromatic heterocycles. The molecular weight excluding hydrogens is 232 g/mol. The first-order chi connectivity index (χ1) is 8.65. The molecule has 0 radical (unpaired) electrons. The maximum absolute atomic E-state index is 11.8. The van der Waals surface area contributed by atoms with Gasteiger partial charge in [-0.3, -0.25) is 9.59 Å². The fourth-order valence-electron chi connectivity index (χ4n) is 2.02. The van der Waals surface area contributed by atoms with Crippen molar-refractivity contribution < 1.29 is 14.7 Å². The second-order valence-electron chi connectivity index (χ2n) is 4.41. The molecule has 0 aliphatic carbocycles. The van der Waals surface area contributed by atoms with Crippen LogP contribution in [0, 0.1) is 0 Å². The van der Waals surface area contributed by atoms with Crippen LogP contribution in [0.5, 0.6) is 0 Å². The number of carbonyl (C=O) groups excluding carboxylic acids is 1. The van der Waals surface area contributed by atoms with E-state index in [2.05, 4.69) is 10.6 Å². The molecule has 1 saturated heterocycles. The Bertz CT molecular complexity index is 436. The van der Waals surface area contributed by atoms with Gasteiger partial charge < -0.3 is 15.7 Å². The number of hydrogen-bond acceptors (Lipinski definition) is 3. The molecule has 1 unspecified atom stereocenters. The summed E-state index contributed by atoms with van der Waals surface area (Å²) in [6, 6.07) is 6.78. The van der Waals surface area contributed by atoms with Crippen LogP contribution in [0.15, 0.2) is 24.3 Å². The van der Waals surface area contributed by atoms with Crippen LogP contribution in [-0.2, 0) is 16.0 Å². The number of rotatable bonds is 4. The summed E-state index contributed by atoms with van der Waals surface area (Å²) in [6.07, 6.45) is 1.89. The van der Waals surface area contributed by atoms with E-state index in [4.69, 9.17) is 5.11 Å². The zero-order valence-electron chi connectivity index (χ0n) is 9.98. The highest BCUT2D eigenvalue weighted by atomic mass is 16.4. The van der Waals surface area contributed by atoms with Crippen LogP contribution >= 0.6 is 0 Å². The molecule has 1 aromatic rings. The van der Waals surface area contributed by atoms with E-state index in [9.17, 15) is 9.59 Å². The number of aliphatic carboxylic acids is 1. The summed E-state index contributed by atoms with van der Waals surface area (Å²) in [5.74, 6) is -0.888. The van der Waals surface area contributed by atoms with E-state index in [-0.39, 0.29) is 18.4 Å². The Kier molecular flexibility index (Phi) is 3.94. The Morgan fingerprint density at radius 1 is 1.33 bits per heavy atom. The third-order valence-electron chi connectivity index (χ3n) is 2.95. The Morgan fingerprint density at radius 2 is 2.06 bits per heavy atom. The lowest BCUT2D eigenvalue weighted by atomic mass is 10.1. The second kappa shape index (κ2) is 5.64. The van der Waals surface area contributed by atoms with Gasteiger partial charge in [0.2, 0.25) is 5.91 Å². The Morgan fingerprint density at radius 3 is 2.61 bits per heavy atom. The predicted octanol–water partition coefficient (Wildman–Crippen LogP) is 1.00. The number of benzene rings is 1. The van der Waals surface area contributed by atoms with Gasteiger partial charge >= 0.3 is 5.97 Å². The number of carbonyl (C=O) groups is 2. The maximum atomic E-state index is 11.8. The molecule has 1 aliphatic rings. The molecule has 5 heteroatoms. The first-order valence-corrected chi connectivity index (χ1v) is 6.00. The summed E-state index contributed by atoms with van der Waals surface area (Å²) in [6.45, 7) is 0.885. The van der Waals surface area contributed by atoms with Crippen LogP contribution in [0.1, 0.15) is 18.4 Å². The van der Waals surface area contributed by atoms with E-state index in [1.165, 1.54) is 0 Å². The van der Waals surface area contributed by atoms with Crippen molar-refractivity contribution in [1.82, 2.24) is 5.32 Å². The fraction of sp³-hybridized carbons (Fsp3) is 0.385. The van der Waals surface area contributed by atoms with Crippen LogP contribution < -0.4 is 10.6 Å². The van der Waals surface area contributed by atoms with Gasteiger partial charge in [0.05, 0.1) is 12.5 Å². The van der Waals surface area contributed by atoms with Crippen molar-refractivity contribution in [2.24, 2.45) is 0 Å². The summed E-state index contributed by atoms with van der Waals surface area (Å²) < 4.78 is 0. The summed E-state index contributed by atoms with van der Waals surface area (Å²) >= 11 is 0. The van der Waals surface area contributed by atoms with Crippen molar-refractivity contribution in [2.75, 3.05) is 11.9 Å². The Balaban J connectivity index is 1.93. The summed E-state index contributed by atoms with van der Waals surface area (Å²) in [5.41, 5.74) is 1.42. The lowest BCUT2D eigenvalue weighted by Gasteiger charge is -2.11. The zero-order valence-corrected chi connectivity index (χ0v) is 9.98. The van der Waals surface area contributed by atoms with Gasteiger partial charge in [0.25, 0.3) is 0 Å². The highest BCUT2D eigenvalue weighted by Gasteiger charge is 2.21. The molecule has 18 heavy (non-hydrogen) atoms. The zero-order chi connectivity index (χ0) is 13.0. The lowest BCUT2D eigenvalue weighted by molar-refractivity contribution is -0.136. The Hall–Kier alpha value is -1.88. The van der Waals surface area contributed by atoms with E-state index in [1.54, 1.807) is 24.3 Å². The first-order valence-electron chi connectivity index (χ1n) is 6.00. The number of hydrogen-bond donors (Lipinski definition) is 3. The van der Waals surface area contributed by atoms with Crippen molar-refractivity contribution >= 4 is 17.6 Å². The van der Waals surface area contributed by atoms with Gasteiger partial charge in [-0.25, -0.2) is 0 Å². The number of nitrogens with one attached hydrogen (secondary N) is 2. The van der Waals surface area contributed by atoms with Gasteiger partial charge in [-0.1, -0.05) is 12.1 Å². The molecule has 1 fully saturated rings. The van der Waals surface area contributed by atoms with E-state index < -0.39 is 5.97 Å². The molecule has 1 atom stereocenters. The molecule has 96 valence electrons. The summed E-state index contributed by atoms with van der Waals surface area (Å²) in [5, 5.41) is 14.6. The van der Waals surface area contributed by atoms with Crippen LogP contribution in [0.2, 0.25) is 0 Å². The van der Waals surface area contributed by atoms with Gasteiger partial charge in [0.1, 0.15) is 0 Å². The van der Waals surface area contributed by atoms with Crippen molar-refractivity contribution in [2.45, 2.75) is 25.3 Å². The molecule has 0 saturated carbocycles.